The van der Waals surface area contributed by atoms with Crippen LogP contribution >= 0.6 is 0 Å². The summed E-state index contributed by atoms with van der Waals surface area (Å²) in [4.78, 5) is 40.1. The second kappa shape index (κ2) is 11.5. The van der Waals surface area contributed by atoms with Crippen molar-refractivity contribution in [3.8, 4) is 34.2 Å². The van der Waals surface area contributed by atoms with Gasteiger partial charge in [-0.05, 0) is 67.4 Å². The Kier molecular flexibility index (Phi) is 7.78. The molecule has 2 aromatic carbocycles. The summed E-state index contributed by atoms with van der Waals surface area (Å²) in [7, 11) is 0. The van der Waals surface area contributed by atoms with E-state index in [1.165, 1.54) is 29.1 Å². The van der Waals surface area contributed by atoms with Crippen molar-refractivity contribution < 1.29 is 37.8 Å². The van der Waals surface area contributed by atoms with E-state index in [1.54, 1.807) is 31.3 Å². The molecule has 12 nitrogen and oxygen atoms in total. The summed E-state index contributed by atoms with van der Waals surface area (Å²) in [6.07, 6.45) is -1.24. The van der Waals surface area contributed by atoms with E-state index in [9.17, 15) is 37.8 Å². The van der Waals surface area contributed by atoms with Crippen LogP contribution in [-0.2, 0) is 6.18 Å². The van der Waals surface area contributed by atoms with Crippen LogP contribution < -0.4 is 0 Å². The maximum absolute atomic E-state index is 13.6. The molecule has 0 amide bonds. The van der Waals surface area contributed by atoms with Gasteiger partial charge in [0.1, 0.15) is 11.4 Å². The molecule has 0 aliphatic heterocycles. The van der Waals surface area contributed by atoms with Gasteiger partial charge in [0.15, 0.2) is 5.78 Å². The second-order valence-electron chi connectivity index (χ2n) is 9.73. The van der Waals surface area contributed by atoms with Gasteiger partial charge >= 0.3 is 18.1 Å². The Morgan fingerprint density at radius 1 is 0.773 bits per heavy atom. The molecule has 0 atom stereocenters. The van der Waals surface area contributed by atoms with E-state index in [0.29, 0.717) is 29.3 Å². The summed E-state index contributed by atoms with van der Waals surface area (Å²) in [5.41, 5.74) is -0.00206. The summed E-state index contributed by atoms with van der Waals surface area (Å²) in [6, 6.07) is 10.3. The minimum atomic E-state index is -4.92. The number of aromatic nitrogens is 7. The number of rotatable bonds is 9. The Morgan fingerprint density at radius 3 is 1.77 bits per heavy atom. The molecule has 0 saturated carbocycles. The van der Waals surface area contributed by atoms with Gasteiger partial charge in [-0.3, -0.25) is 4.79 Å². The Labute approximate surface area is 246 Å². The van der Waals surface area contributed by atoms with Crippen LogP contribution in [-0.4, -0.2) is 62.9 Å². The number of pyridine rings is 1. The third-order valence-corrected chi connectivity index (χ3v) is 6.64. The summed E-state index contributed by atoms with van der Waals surface area (Å²) in [6.45, 7) is 3.50. The molecule has 0 aliphatic rings. The summed E-state index contributed by atoms with van der Waals surface area (Å²) in [5, 5.41) is 34.7. The van der Waals surface area contributed by atoms with E-state index in [0.717, 1.165) is 10.7 Å². The standard InChI is InChI=1S/C29H22F3N7O5/c1-3-4-26(40)16-10-22(24-13-38(36-34-24)17-5-7-19(27(41)42)15(2)9-17)33-23(11-16)25-14-39(37-35-25)18-6-8-20(28(43)44)21(12-18)29(30,31)32/h5-14H,3-4H2,1-2H3,(H,41,42)(H,43,44). The van der Waals surface area contributed by atoms with Crippen LogP contribution in [0, 0.1) is 6.92 Å². The zero-order valence-electron chi connectivity index (χ0n) is 23.1. The number of aryl methyl sites for hydroxylation is 1. The number of carbonyl (C=O) groups is 3. The molecular weight excluding hydrogens is 583 g/mol. The lowest BCUT2D eigenvalue weighted by Gasteiger charge is -2.11. The van der Waals surface area contributed by atoms with Crippen LogP contribution in [0.15, 0.2) is 60.9 Å². The molecule has 44 heavy (non-hydrogen) atoms. The van der Waals surface area contributed by atoms with E-state index in [-0.39, 0.29) is 46.2 Å². The van der Waals surface area contributed by atoms with Crippen LogP contribution in [0.1, 0.15) is 62.0 Å². The third kappa shape index (κ3) is 5.92. The molecule has 2 N–H and O–H groups in total. The van der Waals surface area contributed by atoms with Gasteiger partial charge in [0, 0.05) is 12.0 Å². The van der Waals surface area contributed by atoms with Crippen molar-refractivity contribution >= 4 is 17.7 Å². The van der Waals surface area contributed by atoms with E-state index in [2.05, 4.69) is 25.6 Å². The average molecular weight is 606 g/mol. The van der Waals surface area contributed by atoms with Crippen molar-refractivity contribution in [1.29, 1.82) is 0 Å². The van der Waals surface area contributed by atoms with Crippen molar-refractivity contribution in [2.24, 2.45) is 0 Å². The summed E-state index contributed by atoms with van der Waals surface area (Å²) in [5.74, 6) is -2.97. The van der Waals surface area contributed by atoms with Crippen LogP contribution in [0.2, 0.25) is 0 Å². The van der Waals surface area contributed by atoms with Crippen molar-refractivity contribution in [2.45, 2.75) is 32.9 Å². The van der Waals surface area contributed by atoms with Gasteiger partial charge in [0.2, 0.25) is 0 Å². The number of carboxylic acid groups (broad SMARTS) is 2. The third-order valence-electron chi connectivity index (χ3n) is 6.64. The minimum Gasteiger partial charge on any atom is -0.478 e. The SMILES string of the molecule is CCCC(=O)c1cc(-c2cn(-c3ccc(C(=O)O)c(C)c3)nn2)nc(-c2cn(-c3ccc(C(=O)O)c(C(F)(F)F)c3)nn2)c1. The first-order chi connectivity index (χ1) is 20.8. The van der Waals surface area contributed by atoms with Gasteiger partial charge in [0.05, 0.1) is 51.8 Å². The Morgan fingerprint density at radius 2 is 1.30 bits per heavy atom. The quantitative estimate of drug-likeness (QED) is 0.211. The highest BCUT2D eigenvalue weighted by Gasteiger charge is 2.36. The molecule has 3 aromatic heterocycles. The Bertz CT molecular complexity index is 1930. The molecule has 0 bridgehead atoms. The number of aromatic carboxylic acids is 2. The van der Waals surface area contributed by atoms with Gasteiger partial charge < -0.3 is 10.2 Å². The molecule has 224 valence electrons. The number of nitrogens with zero attached hydrogens (tertiary/aromatic N) is 7. The van der Waals surface area contributed by atoms with Crippen LogP contribution in [0.25, 0.3) is 34.2 Å². The van der Waals surface area contributed by atoms with Crippen molar-refractivity contribution in [3.63, 3.8) is 0 Å². The first-order valence-corrected chi connectivity index (χ1v) is 13.1. The van der Waals surface area contributed by atoms with Gasteiger partial charge in [-0.2, -0.15) is 13.2 Å². The van der Waals surface area contributed by atoms with Gasteiger partial charge in [-0.15, -0.1) is 10.2 Å². The topological polar surface area (TPSA) is 166 Å². The van der Waals surface area contributed by atoms with Crippen LogP contribution in [0.5, 0.6) is 0 Å². The smallest absolute Gasteiger partial charge is 0.417 e. The molecular formula is C29H22F3N7O5. The highest BCUT2D eigenvalue weighted by Crippen LogP contribution is 2.34. The molecule has 0 unspecified atom stereocenters. The fourth-order valence-electron chi connectivity index (χ4n) is 4.47. The molecule has 5 aromatic rings. The number of halogens is 3. The first-order valence-electron chi connectivity index (χ1n) is 13.1. The van der Waals surface area contributed by atoms with Crippen molar-refractivity contribution in [3.05, 3.63) is 88.7 Å². The predicted molar refractivity (Wildman–Crippen MR) is 148 cm³/mol. The number of benzene rings is 2. The Balaban J connectivity index is 1.55. The fraction of sp³-hybridized carbons (Fsp3) is 0.172. The number of alkyl halides is 3. The number of Topliss-reactive ketones (excluding diaryl/α,β-unsaturated/α-hetero) is 1. The Hall–Kier alpha value is -5.73. The van der Waals surface area contributed by atoms with E-state index in [4.69, 9.17) is 0 Å². The van der Waals surface area contributed by atoms with E-state index in [1.807, 2.05) is 6.92 Å². The molecule has 0 spiro atoms. The molecule has 0 fully saturated rings. The molecule has 0 radical (unpaired) electrons. The lowest BCUT2D eigenvalue weighted by molar-refractivity contribution is -0.138. The number of carboxylic acids is 2. The lowest BCUT2D eigenvalue weighted by atomic mass is 10.0. The fourth-order valence-corrected chi connectivity index (χ4v) is 4.47. The molecule has 0 saturated heterocycles. The van der Waals surface area contributed by atoms with E-state index >= 15 is 0 Å². The molecule has 5 rings (SSSR count). The molecule has 0 aliphatic carbocycles. The van der Waals surface area contributed by atoms with Crippen molar-refractivity contribution in [2.75, 3.05) is 0 Å². The summed E-state index contributed by atoms with van der Waals surface area (Å²) < 4.78 is 43.1. The maximum atomic E-state index is 13.6. The van der Waals surface area contributed by atoms with E-state index < -0.39 is 29.2 Å². The normalized spacial score (nSPS) is 11.5. The van der Waals surface area contributed by atoms with Crippen LogP contribution in [0.4, 0.5) is 13.2 Å². The van der Waals surface area contributed by atoms with Crippen molar-refractivity contribution in [1.82, 2.24) is 35.0 Å². The second-order valence-corrected chi connectivity index (χ2v) is 9.73. The van der Waals surface area contributed by atoms with Gasteiger partial charge in [-0.25, -0.2) is 23.9 Å². The molecule has 3 heterocycles. The molecule has 15 heteroatoms. The monoisotopic (exact) mass is 605 g/mol. The number of carbonyl (C=O) groups excluding carboxylic acids is 1. The minimum absolute atomic E-state index is 0.0911. The predicted octanol–water partition coefficient (Wildman–Crippen LogP) is 5.28. The van der Waals surface area contributed by atoms with Gasteiger partial charge in [-0.1, -0.05) is 17.4 Å². The lowest BCUT2D eigenvalue weighted by Crippen LogP contribution is -2.14. The van der Waals surface area contributed by atoms with Crippen LogP contribution in [0.3, 0.4) is 0 Å². The maximum Gasteiger partial charge on any atom is 0.417 e. The zero-order chi connectivity index (χ0) is 31.8. The average Bonchev–Trinajstić information content (AvgIpc) is 3.67. The highest BCUT2D eigenvalue weighted by molar-refractivity contribution is 5.97. The first kappa shape index (κ1) is 29.8. The highest BCUT2D eigenvalue weighted by atomic mass is 19.4. The number of ketones is 1. The largest absolute Gasteiger partial charge is 0.478 e. The number of hydrogen-bond acceptors (Lipinski definition) is 8. The van der Waals surface area contributed by atoms with Gasteiger partial charge in [0.25, 0.3) is 0 Å². The zero-order valence-corrected chi connectivity index (χ0v) is 23.1. The number of hydrogen-bond donors (Lipinski definition) is 2. The summed E-state index contributed by atoms with van der Waals surface area (Å²) >= 11 is 0.